The summed E-state index contributed by atoms with van der Waals surface area (Å²) in [7, 11) is 0. The van der Waals surface area contributed by atoms with Crippen molar-refractivity contribution < 1.29 is 28.4 Å². The maximum atomic E-state index is 14.3. The number of carbonyl (C=O) groups is 2. The Hall–Kier alpha value is -1.24. The van der Waals surface area contributed by atoms with E-state index < -0.39 is 43.3 Å². The van der Waals surface area contributed by atoms with E-state index in [0.717, 1.165) is 35.7 Å². The van der Waals surface area contributed by atoms with Gasteiger partial charge >= 0.3 is 247 Å². The van der Waals surface area contributed by atoms with Gasteiger partial charge in [-0.05, 0) is 0 Å². The number of nitrogens with one attached hydrogen (secondary N) is 1. The van der Waals surface area contributed by atoms with E-state index >= 15 is 0 Å². The summed E-state index contributed by atoms with van der Waals surface area (Å²) in [4.78, 5) is 38.4. The van der Waals surface area contributed by atoms with Crippen molar-refractivity contribution >= 4 is 65.6 Å². The molecular formula is C25H44As2N5O6P. The second-order valence-corrected chi connectivity index (χ2v) is 21.8. The van der Waals surface area contributed by atoms with Crippen LogP contribution in [0.25, 0.3) is 11.2 Å². The van der Waals surface area contributed by atoms with Crippen LogP contribution < -0.4 is 9.57 Å². The molecule has 2 aromatic heterocycles. The number of ether oxygens (including phenoxy) is 3. The number of aromatic nitrogens is 4. The Balaban J connectivity index is 2.12. The van der Waals surface area contributed by atoms with Crippen molar-refractivity contribution in [2.75, 3.05) is 13.0 Å². The average Bonchev–Trinajstić information content (AvgIpc) is 3.25. The molecule has 0 aliphatic rings. The van der Waals surface area contributed by atoms with E-state index in [2.05, 4.69) is 27.0 Å². The summed E-state index contributed by atoms with van der Waals surface area (Å²) in [6.45, 7) is 13.3. The number of unbranched alkanes of at least 4 members (excludes halogenated alkanes) is 3. The Morgan fingerprint density at radius 3 is 2.54 bits per heavy atom. The fourth-order valence-electron chi connectivity index (χ4n) is 3.77. The summed E-state index contributed by atoms with van der Waals surface area (Å²) >= 11 is -0.0911. The Kier molecular flexibility index (Phi) is 13.6. The molecule has 0 aliphatic carbocycles. The van der Waals surface area contributed by atoms with Gasteiger partial charge in [0.25, 0.3) is 0 Å². The van der Waals surface area contributed by atoms with Gasteiger partial charge in [0.1, 0.15) is 0 Å². The van der Waals surface area contributed by atoms with Crippen molar-refractivity contribution in [1.29, 1.82) is 0 Å². The van der Waals surface area contributed by atoms with E-state index in [0.29, 0.717) is 18.8 Å². The molecule has 0 saturated carbocycles. The van der Waals surface area contributed by atoms with Crippen LogP contribution in [0.2, 0.25) is 4.71 Å². The quantitative estimate of drug-likeness (QED) is 0.114. The first-order valence-corrected chi connectivity index (χ1v) is 20.5. The molecule has 0 saturated heterocycles. The minimum atomic E-state index is -3.29. The molecule has 2 heterocycles. The van der Waals surface area contributed by atoms with Crippen LogP contribution in [0.1, 0.15) is 74.1 Å². The summed E-state index contributed by atoms with van der Waals surface area (Å²) in [6, 6.07) is 0. The SMILES string of the molecule is CCCCCCOC(=O)C(C)(C)N[P@@](=O)(CO[C@H](C)Cn1cnc2c([AsH2])ncnc21)[AsH][C@H](C)C(=O)OC(C)C. The van der Waals surface area contributed by atoms with Crippen LogP contribution in [0, 0.1) is 0 Å². The molecule has 2 rings (SSSR count). The number of hydrogen-bond acceptors (Lipinski definition) is 9. The van der Waals surface area contributed by atoms with Gasteiger partial charge in [-0.25, -0.2) is 0 Å². The van der Waals surface area contributed by atoms with Crippen molar-refractivity contribution in [2.45, 2.75) is 103 Å². The number of carbonyl (C=O) groups excluding carboxylic acids is 2. The third kappa shape index (κ3) is 10.9. The molecule has 11 nitrogen and oxygen atoms in total. The van der Waals surface area contributed by atoms with Gasteiger partial charge in [0, 0.05) is 0 Å². The van der Waals surface area contributed by atoms with Crippen molar-refractivity contribution in [3.05, 3.63) is 12.7 Å². The Morgan fingerprint density at radius 1 is 1.15 bits per heavy atom. The number of imidazole rings is 1. The zero-order chi connectivity index (χ0) is 29.2. The minimum absolute atomic E-state index is 0.121. The first kappa shape index (κ1) is 34.0. The van der Waals surface area contributed by atoms with Crippen molar-refractivity contribution in [3.63, 3.8) is 0 Å². The zero-order valence-corrected chi connectivity index (χ0v) is 29.5. The number of fused-ring (bicyclic) bond motifs is 1. The van der Waals surface area contributed by atoms with Crippen LogP contribution in [0.4, 0.5) is 0 Å². The van der Waals surface area contributed by atoms with Crippen LogP contribution in [-0.2, 0) is 34.9 Å². The molecule has 39 heavy (non-hydrogen) atoms. The van der Waals surface area contributed by atoms with Gasteiger partial charge in [0.2, 0.25) is 0 Å². The first-order valence-electron chi connectivity index (χ1n) is 13.3. The number of esters is 2. The molecule has 0 aliphatic heterocycles. The fraction of sp³-hybridized carbons (Fsp3) is 0.720. The molecule has 0 spiro atoms. The summed E-state index contributed by atoms with van der Waals surface area (Å²) in [5.74, 6) is -4.16. The van der Waals surface area contributed by atoms with Crippen molar-refractivity contribution in [2.24, 2.45) is 0 Å². The van der Waals surface area contributed by atoms with Crippen LogP contribution in [-0.4, -0.2) is 94.3 Å². The second-order valence-electron chi connectivity index (χ2n) is 10.4. The normalized spacial score (nSPS) is 15.5. The summed E-state index contributed by atoms with van der Waals surface area (Å²) in [5, 5.41) is 3.08. The molecule has 0 amide bonds. The number of rotatable bonds is 17. The van der Waals surface area contributed by atoms with Gasteiger partial charge in [-0.3, -0.25) is 0 Å². The third-order valence-electron chi connectivity index (χ3n) is 5.73. The molecule has 0 radical (unpaired) electrons. The predicted octanol–water partition coefficient (Wildman–Crippen LogP) is 2.33. The summed E-state index contributed by atoms with van der Waals surface area (Å²) in [5.41, 5.74) is 0.244. The third-order valence-corrected chi connectivity index (χ3v) is 15.9. The van der Waals surface area contributed by atoms with Gasteiger partial charge < -0.3 is 0 Å². The molecule has 2 unspecified atom stereocenters. The van der Waals surface area contributed by atoms with Gasteiger partial charge in [-0.1, -0.05) is 0 Å². The van der Waals surface area contributed by atoms with Crippen LogP contribution in [0.5, 0.6) is 0 Å². The molecule has 14 heteroatoms. The van der Waals surface area contributed by atoms with E-state index in [9.17, 15) is 14.2 Å². The molecule has 0 bridgehead atoms. The van der Waals surface area contributed by atoms with E-state index in [1.807, 2.05) is 11.5 Å². The average molecular weight is 691 g/mol. The van der Waals surface area contributed by atoms with Crippen molar-refractivity contribution in [3.8, 4) is 0 Å². The van der Waals surface area contributed by atoms with E-state index in [1.165, 1.54) is 23.2 Å². The summed E-state index contributed by atoms with van der Waals surface area (Å²) < 4.78 is 33.4. The van der Waals surface area contributed by atoms with E-state index in [1.54, 1.807) is 40.9 Å². The zero-order valence-electron chi connectivity index (χ0n) is 24.1. The van der Waals surface area contributed by atoms with Gasteiger partial charge in [-0.15, -0.1) is 0 Å². The number of hydrogen-bond donors (Lipinski definition) is 1. The van der Waals surface area contributed by atoms with Gasteiger partial charge in [0.05, 0.1) is 0 Å². The fourth-order valence-corrected chi connectivity index (χ4v) is 14.6. The molecule has 5 atom stereocenters. The molecular weight excluding hydrogens is 647 g/mol. The second kappa shape index (κ2) is 15.7. The Morgan fingerprint density at radius 2 is 1.87 bits per heavy atom. The Bertz CT molecular complexity index is 1150. The maximum absolute atomic E-state index is 14.3. The Labute approximate surface area is 246 Å². The molecule has 220 valence electrons. The molecule has 0 aromatic carbocycles. The first-order chi connectivity index (χ1) is 18.3. The van der Waals surface area contributed by atoms with Crippen LogP contribution in [0.15, 0.2) is 12.7 Å². The number of nitrogens with zero attached hydrogens (tertiary/aromatic N) is 4. The van der Waals surface area contributed by atoms with E-state index in [4.69, 9.17) is 14.2 Å². The van der Waals surface area contributed by atoms with Crippen LogP contribution in [0.3, 0.4) is 0 Å². The summed E-state index contributed by atoms with van der Waals surface area (Å²) in [6.07, 6.45) is 6.42. The molecule has 0 fully saturated rings. The van der Waals surface area contributed by atoms with E-state index in [-0.39, 0.29) is 18.6 Å². The van der Waals surface area contributed by atoms with Gasteiger partial charge in [-0.2, -0.15) is 0 Å². The molecule has 2 aromatic rings. The van der Waals surface area contributed by atoms with Crippen LogP contribution >= 0.6 is 5.85 Å². The monoisotopic (exact) mass is 691 g/mol. The standard InChI is InChI=1S/C25H44As2N5O6P/c1-8-9-10-11-12-36-24(34)25(6,7)31-39(35,27-19(5)23(33)38-17(2)3)16-37-18(4)13-32-15-30-20-21(26)28-14-29-22(20)32/h14-15,17-19,27H,8-13,16,26H2,1-7H3,(H,31,35)/t18-,19-,39-/m1/s1. The molecule has 1 N–H and O–H groups in total. The van der Waals surface area contributed by atoms with Crippen molar-refractivity contribution in [1.82, 2.24) is 24.6 Å². The topological polar surface area (TPSA) is 135 Å². The predicted molar refractivity (Wildman–Crippen MR) is 157 cm³/mol. The van der Waals surface area contributed by atoms with Gasteiger partial charge in [0.15, 0.2) is 0 Å².